The van der Waals surface area contributed by atoms with Crippen molar-refractivity contribution < 1.29 is 19.1 Å². The third-order valence-electron chi connectivity index (χ3n) is 5.75. The third kappa shape index (κ3) is 4.61. The number of hydrogen-bond acceptors (Lipinski definition) is 3. The molecule has 3 aromatic rings. The number of carboxylic acids is 1. The molecule has 1 aromatic heterocycles. The summed E-state index contributed by atoms with van der Waals surface area (Å²) in [7, 11) is 2.03. The van der Waals surface area contributed by atoms with Crippen molar-refractivity contribution in [3.63, 3.8) is 0 Å². The van der Waals surface area contributed by atoms with Crippen molar-refractivity contribution >= 4 is 22.8 Å². The number of aromatic amines is 1. The average molecular weight is 423 g/mol. The van der Waals surface area contributed by atoms with Gasteiger partial charge in [-0.2, -0.15) is 0 Å². The predicted octanol–water partition coefficient (Wildman–Crippen LogP) is 3.95. The van der Waals surface area contributed by atoms with E-state index in [1.807, 2.05) is 19.2 Å². The molecule has 0 spiro atoms. The minimum atomic E-state index is -0.750. The number of carbonyl (C=O) groups excluding carboxylic acids is 1. The van der Waals surface area contributed by atoms with Gasteiger partial charge in [0.25, 0.3) is 5.91 Å². The lowest BCUT2D eigenvalue weighted by atomic mass is 9.99. The Kier molecular flexibility index (Phi) is 6.04. The Hall–Kier alpha value is -3.19. The number of H-pyrrole nitrogens is 1. The molecule has 162 valence electrons. The Bertz CT molecular complexity index is 1120. The molecule has 4 rings (SSSR count). The molecule has 0 fully saturated rings. The third-order valence-corrected chi connectivity index (χ3v) is 5.75. The van der Waals surface area contributed by atoms with Gasteiger partial charge in [-0.1, -0.05) is 24.3 Å². The fourth-order valence-corrected chi connectivity index (χ4v) is 4.26. The number of nitrogens with zero attached hydrogens (tertiary/aromatic N) is 1. The number of amides is 1. The zero-order valence-corrected chi connectivity index (χ0v) is 17.5. The number of aliphatic carboxylic acids is 1. The minimum Gasteiger partial charge on any atom is -0.481 e. The fraction of sp³-hybridized carbons (Fsp3) is 0.333. The number of unbranched alkanes of at least 4 members (excludes halogenated alkanes) is 1. The second-order valence-electron chi connectivity index (χ2n) is 8.15. The number of rotatable bonds is 8. The van der Waals surface area contributed by atoms with E-state index >= 15 is 0 Å². The number of hydrogen-bond donors (Lipinski definition) is 3. The molecule has 0 radical (unpaired) electrons. The summed E-state index contributed by atoms with van der Waals surface area (Å²) < 4.78 is 14.0. The Balaban J connectivity index is 1.53. The largest absolute Gasteiger partial charge is 0.481 e. The van der Waals surface area contributed by atoms with Crippen LogP contribution < -0.4 is 5.32 Å². The zero-order valence-electron chi connectivity index (χ0n) is 17.5. The van der Waals surface area contributed by atoms with Gasteiger partial charge in [-0.3, -0.25) is 9.59 Å². The Labute approximate surface area is 180 Å². The maximum absolute atomic E-state index is 14.0. The lowest BCUT2D eigenvalue weighted by Crippen LogP contribution is -2.23. The van der Waals surface area contributed by atoms with Crippen molar-refractivity contribution in [1.29, 1.82) is 0 Å². The predicted molar refractivity (Wildman–Crippen MR) is 118 cm³/mol. The van der Waals surface area contributed by atoms with Crippen LogP contribution in [-0.4, -0.2) is 47.0 Å². The monoisotopic (exact) mass is 423 g/mol. The van der Waals surface area contributed by atoms with Gasteiger partial charge in [0, 0.05) is 36.1 Å². The molecular formula is C24H26FN3O3. The molecule has 0 bridgehead atoms. The molecule has 0 unspecified atom stereocenters. The maximum Gasteiger partial charge on any atom is 0.303 e. The molecule has 0 saturated heterocycles. The topological polar surface area (TPSA) is 85.4 Å². The molecule has 0 atom stereocenters. The molecular weight excluding hydrogens is 397 g/mol. The molecule has 7 heteroatoms. The lowest BCUT2D eigenvalue weighted by molar-refractivity contribution is -0.137. The highest BCUT2D eigenvalue weighted by atomic mass is 19.1. The second-order valence-corrected chi connectivity index (χ2v) is 8.15. The van der Waals surface area contributed by atoms with E-state index in [0.29, 0.717) is 30.5 Å². The quantitative estimate of drug-likeness (QED) is 0.479. The molecule has 31 heavy (non-hydrogen) atoms. The first-order valence-corrected chi connectivity index (χ1v) is 10.5. The first-order chi connectivity index (χ1) is 14.9. The van der Waals surface area contributed by atoms with Crippen molar-refractivity contribution in [2.24, 2.45) is 0 Å². The van der Waals surface area contributed by atoms with Gasteiger partial charge in [0.1, 0.15) is 5.82 Å². The summed E-state index contributed by atoms with van der Waals surface area (Å²) in [5, 5.41) is 12.4. The number of carboxylic acid groups (broad SMARTS) is 1. The van der Waals surface area contributed by atoms with Crippen LogP contribution in [0.3, 0.4) is 0 Å². The number of nitrogens with one attached hydrogen (secondary N) is 2. The van der Waals surface area contributed by atoms with Crippen molar-refractivity contribution in [3.8, 4) is 11.3 Å². The number of benzene rings is 2. The van der Waals surface area contributed by atoms with Gasteiger partial charge < -0.3 is 20.3 Å². The van der Waals surface area contributed by atoms with Gasteiger partial charge in [0.05, 0.1) is 5.56 Å². The van der Waals surface area contributed by atoms with Crippen molar-refractivity contribution in [2.45, 2.75) is 32.2 Å². The first kappa shape index (κ1) is 21.1. The molecule has 1 aliphatic rings. The molecule has 2 heterocycles. The lowest BCUT2D eigenvalue weighted by Gasteiger charge is -2.16. The Morgan fingerprint density at radius 1 is 1.19 bits per heavy atom. The average Bonchev–Trinajstić information content (AvgIpc) is 3.00. The summed E-state index contributed by atoms with van der Waals surface area (Å²) in [5.41, 5.74) is 5.14. The van der Waals surface area contributed by atoms with Gasteiger partial charge in [-0.05, 0) is 61.7 Å². The van der Waals surface area contributed by atoms with Crippen LogP contribution >= 0.6 is 0 Å². The normalized spacial score (nSPS) is 13.5. The van der Waals surface area contributed by atoms with Crippen LogP contribution in [-0.2, 0) is 17.8 Å². The van der Waals surface area contributed by atoms with Crippen LogP contribution in [0.15, 0.2) is 36.4 Å². The molecule has 3 N–H and O–H groups in total. The van der Waals surface area contributed by atoms with Gasteiger partial charge >= 0.3 is 5.97 Å². The van der Waals surface area contributed by atoms with E-state index in [-0.39, 0.29) is 12.3 Å². The number of halogens is 1. The van der Waals surface area contributed by atoms with Gasteiger partial charge in [-0.25, -0.2) is 4.39 Å². The summed E-state index contributed by atoms with van der Waals surface area (Å²) in [5.74, 6) is -1.42. The van der Waals surface area contributed by atoms with E-state index in [1.165, 1.54) is 12.1 Å². The summed E-state index contributed by atoms with van der Waals surface area (Å²) in [6.45, 7) is 2.14. The van der Waals surface area contributed by atoms with Crippen molar-refractivity contribution in [1.82, 2.24) is 15.2 Å². The van der Waals surface area contributed by atoms with Crippen LogP contribution in [0.25, 0.3) is 22.2 Å². The van der Waals surface area contributed by atoms with E-state index in [0.717, 1.165) is 47.3 Å². The molecule has 0 saturated carbocycles. The number of carbonyl (C=O) groups is 2. The van der Waals surface area contributed by atoms with Gasteiger partial charge in [0.15, 0.2) is 0 Å². The standard InChI is InChI=1S/C24H26FN3O3/c1-28(11-3-2-4-21(29)30)14-15-5-7-16(8-6-15)23-18-9-10-26-24(31)19-12-17(25)13-20(27-23)22(18)19/h5-8,12-13,27H,2-4,9-11,14H2,1H3,(H,26,31)(H,29,30). The highest BCUT2D eigenvalue weighted by molar-refractivity contribution is 6.10. The minimum absolute atomic E-state index is 0.210. The summed E-state index contributed by atoms with van der Waals surface area (Å²) in [4.78, 5) is 28.5. The summed E-state index contributed by atoms with van der Waals surface area (Å²) >= 11 is 0. The van der Waals surface area contributed by atoms with E-state index in [2.05, 4.69) is 27.3 Å². The molecule has 0 aliphatic carbocycles. The van der Waals surface area contributed by atoms with Crippen LogP contribution in [0.5, 0.6) is 0 Å². The van der Waals surface area contributed by atoms with Crippen molar-refractivity contribution in [3.05, 3.63) is 58.9 Å². The molecule has 1 amide bonds. The summed E-state index contributed by atoms with van der Waals surface area (Å²) in [6.07, 6.45) is 2.43. The second kappa shape index (κ2) is 8.89. The van der Waals surface area contributed by atoms with Crippen LogP contribution in [0.4, 0.5) is 4.39 Å². The maximum atomic E-state index is 14.0. The van der Waals surface area contributed by atoms with E-state index < -0.39 is 11.8 Å². The van der Waals surface area contributed by atoms with Crippen molar-refractivity contribution in [2.75, 3.05) is 20.1 Å². The highest BCUT2D eigenvalue weighted by Gasteiger charge is 2.23. The van der Waals surface area contributed by atoms with Crippen LogP contribution in [0.1, 0.15) is 40.7 Å². The van der Waals surface area contributed by atoms with E-state index in [9.17, 15) is 14.0 Å². The van der Waals surface area contributed by atoms with Gasteiger partial charge in [-0.15, -0.1) is 0 Å². The SMILES string of the molecule is CN(CCCCC(=O)O)Cc1ccc(-c2[nH]c3cc(F)cc4c3c2CCNC4=O)cc1. The number of aromatic nitrogens is 1. The Morgan fingerprint density at radius 3 is 2.71 bits per heavy atom. The molecule has 2 aromatic carbocycles. The Morgan fingerprint density at radius 2 is 1.97 bits per heavy atom. The van der Waals surface area contributed by atoms with E-state index in [1.54, 1.807) is 0 Å². The molecule has 6 nitrogen and oxygen atoms in total. The first-order valence-electron chi connectivity index (χ1n) is 10.5. The zero-order chi connectivity index (χ0) is 22.0. The summed E-state index contributed by atoms with van der Waals surface area (Å²) in [6, 6.07) is 11.0. The highest BCUT2D eigenvalue weighted by Crippen LogP contribution is 2.34. The smallest absolute Gasteiger partial charge is 0.303 e. The van der Waals surface area contributed by atoms with Gasteiger partial charge in [0.2, 0.25) is 0 Å². The van der Waals surface area contributed by atoms with Crippen LogP contribution in [0.2, 0.25) is 0 Å². The fourth-order valence-electron chi connectivity index (χ4n) is 4.26. The van der Waals surface area contributed by atoms with E-state index in [4.69, 9.17) is 5.11 Å². The molecule has 1 aliphatic heterocycles. The van der Waals surface area contributed by atoms with Crippen LogP contribution in [0, 0.1) is 5.82 Å².